The standard InChI is InChI=1S/C16H21BrN2OS/c1-4-7-18-14(16-10-19-11(2)21-16)9-12-8-13(17)5-6-15(12)20-3/h5-6,8,10,14,18H,4,7,9H2,1-3H3. The third kappa shape index (κ3) is 4.53. The van der Waals surface area contributed by atoms with Gasteiger partial charge in [0.2, 0.25) is 0 Å². The van der Waals surface area contributed by atoms with Crippen molar-refractivity contribution in [2.45, 2.75) is 32.7 Å². The second-order valence-electron chi connectivity index (χ2n) is 4.95. The van der Waals surface area contributed by atoms with Crippen LogP contribution >= 0.6 is 27.3 Å². The number of aromatic nitrogens is 1. The number of aryl methyl sites for hydroxylation is 1. The van der Waals surface area contributed by atoms with Gasteiger partial charge in [0.15, 0.2) is 0 Å². The Morgan fingerprint density at radius 2 is 2.24 bits per heavy atom. The first kappa shape index (κ1) is 16.5. The smallest absolute Gasteiger partial charge is 0.122 e. The topological polar surface area (TPSA) is 34.1 Å². The number of nitrogens with one attached hydrogen (secondary N) is 1. The van der Waals surface area contributed by atoms with Crippen LogP contribution in [0.5, 0.6) is 5.75 Å². The molecule has 114 valence electrons. The highest BCUT2D eigenvalue weighted by atomic mass is 79.9. The molecule has 3 nitrogen and oxygen atoms in total. The Balaban J connectivity index is 2.24. The maximum absolute atomic E-state index is 5.49. The predicted molar refractivity (Wildman–Crippen MR) is 92.3 cm³/mol. The molecule has 0 aliphatic rings. The molecule has 0 fully saturated rings. The van der Waals surface area contributed by atoms with Crippen LogP contribution in [0, 0.1) is 6.92 Å². The van der Waals surface area contributed by atoms with Crippen LogP contribution in [-0.2, 0) is 6.42 Å². The molecule has 2 aromatic rings. The van der Waals surface area contributed by atoms with Gasteiger partial charge in [0.05, 0.1) is 12.1 Å². The average Bonchev–Trinajstić information content (AvgIpc) is 2.90. The summed E-state index contributed by atoms with van der Waals surface area (Å²) < 4.78 is 6.56. The zero-order chi connectivity index (χ0) is 15.2. The minimum Gasteiger partial charge on any atom is -0.496 e. The Hall–Kier alpha value is -0.910. The molecule has 0 aliphatic carbocycles. The molecule has 0 radical (unpaired) electrons. The summed E-state index contributed by atoms with van der Waals surface area (Å²) in [6.45, 7) is 5.23. The lowest BCUT2D eigenvalue weighted by Gasteiger charge is -2.18. The lowest BCUT2D eigenvalue weighted by Crippen LogP contribution is -2.23. The van der Waals surface area contributed by atoms with Crippen LogP contribution in [-0.4, -0.2) is 18.6 Å². The molecule has 1 N–H and O–H groups in total. The van der Waals surface area contributed by atoms with E-state index in [0.717, 1.165) is 34.6 Å². The van der Waals surface area contributed by atoms with Gasteiger partial charge in [0, 0.05) is 21.6 Å². The normalized spacial score (nSPS) is 12.4. The van der Waals surface area contributed by atoms with Crippen molar-refractivity contribution in [1.29, 1.82) is 0 Å². The van der Waals surface area contributed by atoms with Gasteiger partial charge in [0.25, 0.3) is 0 Å². The SMILES string of the molecule is CCCNC(Cc1cc(Br)ccc1OC)c1cnc(C)s1. The van der Waals surface area contributed by atoms with Crippen molar-refractivity contribution < 1.29 is 4.74 Å². The second-order valence-corrected chi connectivity index (χ2v) is 7.13. The molecular weight excluding hydrogens is 348 g/mol. The molecule has 1 unspecified atom stereocenters. The van der Waals surface area contributed by atoms with Crippen LogP contribution in [0.4, 0.5) is 0 Å². The quantitative estimate of drug-likeness (QED) is 0.780. The van der Waals surface area contributed by atoms with Crippen LogP contribution in [0.3, 0.4) is 0 Å². The number of thiazole rings is 1. The van der Waals surface area contributed by atoms with E-state index in [0.29, 0.717) is 0 Å². The van der Waals surface area contributed by atoms with Gasteiger partial charge in [-0.3, -0.25) is 0 Å². The summed E-state index contributed by atoms with van der Waals surface area (Å²) in [7, 11) is 1.72. The molecule has 0 saturated heterocycles. The van der Waals surface area contributed by atoms with E-state index >= 15 is 0 Å². The molecule has 2 rings (SSSR count). The van der Waals surface area contributed by atoms with Crippen molar-refractivity contribution >= 4 is 27.3 Å². The van der Waals surface area contributed by atoms with Gasteiger partial charge in [-0.1, -0.05) is 22.9 Å². The molecule has 1 heterocycles. The van der Waals surface area contributed by atoms with Crippen molar-refractivity contribution in [3.63, 3.8) is 0 Å². The zero-order valence-corrected chi connectivity index (χ0v) is 15.1. The largest absolute Gasteiger partial charge is 0.496 e. The third-order valence-electron chi connectivity index (χ3n) is 3.29. The molecule has 1 aromatic heterocycles. The van der Waals surface area contributed by atoms with Crippen LogP contribution < -0.4 is 10.1 Å². The molecule has 0 bridgehead atoms. The molecule has 21 heavy (non-hydrogen) atoms. The lowest BCUT2D eigenvalue weighted by molar-refractivity contribution is 0.405. The van der Waals surface area contributed by atoms with E-state index in [9.17, 15) is 0 Å². The van der Waals surface area contributed by atoms with E-state index in [1.165, 1.54) is 10.4 Å². The summed E-state index contributed by atoms with van der Waals surface area (Å²) in [4.78, 5) is 5.67. The lowest BCUT2D eigenvalue weighted by atomic mass is 10.0. The van der Waals surface area contributed by atoms with Crippen molar-refractivity contribution in [3.05, 3.63) is 44.3 Å². The molecule has 0 spiro atoms. The van der Waals surface area contributed by atoms with Gasteiger partial charge >= 0.3 is 0 Å². The first-order valence-corrected chi connectivity index (χ1v) is 8.73. The average molecular weight is 369 g/mol. The number of hydrogen-bond donors (Lipinski definition) is 1. The van der Waals surface area contributed by atoms with E-state index < -0.39 is 0 Å². The first-order chi connectivity index (χ1) is 10.1. The third-order valence-corrected chi connectivity index (χ3v) is 4.81. The van der Waals surface area contributed by atoms with Crippen molar-refractivity contribution in [3.8, 4) is 5.75 Å². The Labute approximate surface area is 138 Å². The molecule has 5 heteroatoms. The number of halogens is 1. The van der Waals surface area contributed by atoms with Crippen molar-refractivity contribution in [2.24, 2.45) is 0 Å². The summed E-state index contributed by atoms with van der Waals surface area (Å²) in [5.74, 6) is 0.933. The fraction of sp³-hybridized carbons (Fsp3) is 0.438. The first-order valence-electron chi connectivity index (χ1n) is 7.12. The molecule has 0 amide bonds. The van der Waals surface area contributed by atoms with Gasteiger partial charge < -0.3 is 10.1 Å². The van der Waals surface area contributed by atoms with E-state index in [1.807, 2.05) is 25.3 Å². The van der Waals surface area contributed by atoms with E-state index in [-0.39, 0.29) is 6.04 Å². The van der Waals surface area contributed by atoms with Crippen molar-refractivity contribution in [1.82, 2.24) is 10.3 Å². The fourth-order valence-electron chi connectivity index (χ4n) is 2.26. The molecule has 1 aromatic carbocycles. The Kier molecular flexibility index (Phi) is 6.21. The van der Waals surface area contributed by atoms with Gasteiger partial charge in [-0.05, 0) is 50.1 Å². The van der Waals surface area contributed by atoms with E-state index in [4.69, 9.17) is 4.74 Å². The van der Waals surface area contributed by atoms with Crippen LogP contribution in [0.25, 0.3) is 0 Å². The van der Waals surface area contributed by atoms with Gasteiger partial charge in [-0.15, -0.1) is 11.3 Å². The summed E-state index contributed by atoms with van der Waals surface area (Å²) in [6.07, 6.45) is 3.99. The summed E-state index contributed by atoms with van der Waals surface area (Å²) in [6, 6.07) is 6.43. The van der Waals surface area contributed by atoms with Crippen LogP contribution in [0.15, 0.2) is 28.9 Å². The minimum absolute atomic E-state index is 0.277. The fourth-order valence-corrected chi connectivity index (χ4v) is 3.53. The van der Waals surface area contributed by atoms with E-state index in [1.54, 1.807) is 18.4 Å². The predicted octanol–water partition coefficient (Wildman–Crippen LogP) is 4.51. The minimum atomic E-state index is 0.277. The maximum Gasteiger partial charge on any atom is 0.122 e. The Morgan fingerprint density at radius 3 is 2.86 bits per heavy atom. The second kappa shape index (κ2) is 7.92. The van der Waals surface area contributed by atoms with Gasteiger partial charge in [-0.25, -0.2) is 4.98 Å². The number of methoxy groups -OCH3 is 1. The van der Waals surface area contributed by atoms with Crippen LogP contribution in [0.2, 0.25) is 0 Å². The Morgan fingerprint density at radius 1 is 1.43 bits per heavy atom. The molecule has 1 atom stereocenters. The Bertz CT molecular complexity index is 585. The van der Waals surface area contributed by atoms with E-state index in [2.05, 4.69) is 39.2 Å². The highest BCUT2D eigenvalue weighted by molar-refractivity contribution is 9.10. The summed E-state index contributed by atoms with van der Waals surface area (Å²) in [5, 5.41) is 4.72. The number of ether oxygens (including phenoxy) is 1. The number of benzene rings is 1. The zero-order valence-electron chi connectivity index (χ0n) is 12.6. The van der Waals surface area contributed by atoms with Gasteiger partial charge in [-0.2, -0.15) is 0 Å². The van der Waals surface area contributed by atoms with Crippen LogP contribution in [0.1, 0.15) is 34.8 Å². The highest BCUT2D eigenvalue weighted by Gasteiger charge is 2.16. The monoisotopic (exact) mass is 368 g/mol. The number of rotatable bonds is 7. The number of nitrogens with zero attached hydrogens (tertiary/aromatic N) is 1. The molecule has 0 aliphatic heterocycles. The molecular formula is C16H21BrN2OS. The number of hydrogen-bond acceptors (Lipinski definition) is 4. The van der Waals surface area contributed by atoms with Gasteiger partial charge in [0.1, 0.15) is 5.75 Å². The summed E-state index contributed by atoms with van der Waals surface area (Å²) >= 11 is 5.30. The molecule has 0 saturated carbocycles. The summed E-state index contributed by atoms with van der Waals surface area (Å²) in [5.41, 5.74) is 1.20. The maximum atomic E-state index is 5.49. The van der Waals surface area contributed by atoms with Crippen molar-refractivity contribution in [2.75, 3.05) is 13.7 Å². The highest BCUT2D eigenvalue weighted by Crippen LogP contribution is 2.30.